The molecule has 1 N–H and O–H groups in total. The first kappa shape index (κ1) is 21.1. The van der Waals surface area contributed by atoms with Gasteiger partial charge in [0.2, 0.25) is 0 Å². The van der Waals surface area contributed by atoms with Crippen LogP contribution in [0.4, 0.5) is 0 Å². The summed E-state index contributed by atoms with van der Waals surface area (Å²) in [6.07, 6.45) is 9.51. The lowest BCUT2D eigenvalue weighted by molar-refractivity contribution is -0.137. The number of ketones is 2. The molecule has 0 aliphatic heterocycles. The number of aryl methyl sites for hydroxylation is 2. The van der Waals surface area contributed by atoms with Crippen molar-refractivity contribution in [3.8, 4) is 0 Å². The van der Waals surface area contributed by atoms with Crippen molar-refractivity contribution >= 4 is 17.5 Å². The molecule has 0 amide bonds. The second-order valence-electron chi connectivity index (χ2n) is 7.66. The summed E-state index contributed by atoms with van der Waals surface area (Å²) in [4.78, 5) is 35.2. The molecule has 0 spiro atoms. The topological polar surface area (TPSA) is 71.4 Å². The Balaban J connectivity index is 1.86. The summed E-state index contributed by atoms with van der Waals surface area (Å²) >= 11 is 0. The van der Waals surface area contributed by atoms with E-state index < -0.39 is 5.97 Å². The van der Waals surface area contributed by atoms with Crippen molar-refractivity contribution in [3.05, 3.63) is 47.0 Å². The Hall–Kier alpha value is -2.23. The van der Waals surface area contributed by atoms with Crippen LogP contribution in [0.1, 0.15) is 72.9 Å². The molecule has 0 heterocycles. The number of allylic oxidation sites excluding steroid dienone is 2. The van der Waals surface area contributed by atoms with Gasteiger partial charge >= 0.3 is 5.97 Å². The third-order valence-electron chi connectivity index (χ3n) is 5.45. The molecule has 2 atom stereocenters. The van der Waals surface area contributed by atoms with Crippen molar-refractivity contribution in [2.75, 3.05) is 0 Å². The zero-order chi connectivity index (χ0) is 19.8. The smallest absolute Gasteiger partial charge is 0.303 e. The lowest BCUT2D eigenvalue weighted by atomic mass is 9.89. The number of hydrogen-bond acceptors (Lipinski definition) is 3. The number of carboxylic acids is 1. The van der Waals surface area contributed by atoms with Crippen LogP contribution in [0.2, 0.25) is 0 Å². The van der Waals surface area contributed by atoms with Crippen LogP contribution in [0.15, 0.2) is 30.4 Å². The number of Topliss-reactive ketones (excluding diaryl/α,β-unsaturated/α-hetero) is 1. The molecule has 1 fully saturated rings. The Kier molecular flexibility index (Phi) is 7.96. The molecule has 4 nitrogen and oxygen atoms in total. The Labute approximate surface area is 161 Å². The SMILES string of the molecule is Cc1ccc(C(=O)C=C[C@@H]2CCC(=O)[C@H]2CCCCCCC(=O)O)c(C)c1. The number of benzene rings is 1. The summed E-state index contributed by atoms with van der Waals surface area (Å²) in [5.74, 6) is -0.299. The molecule has 2 rings (SSSR count). The summed E-state index contributed by atoms with van der Waals surface area (Å²) in [6, 6.07) is 5.82. The number of hydrogen-bond donors (Lipinski definition) is 1. The van der Waals surface area contributed by atoms with E-state index in [-0.39, 0.29) is 24.0 Å². The van der Waals surface area contributed by atoms with E-state index in [9.17, 15) is 14.4 Å². The van der Waals surface area contributed by atoms with Gasteiger partial charge in [-0.3, -0.25) is 14.4 Å². The highest BCUT2D eigenvalue weighted by Crippen LogP contribution is 2.34. The van der Waals surface area contributed by atoms with Crippen LogP contribution in [-0.4, -0.2) is 22.6 Å². The minimum Gasteiger partial charge on any atom is -0.481 e. The molecule has 1 aliphatic rings. The van der Waals surface area contributed by atoms with Gasteiger partial charge in [-0.1, -0.05) is 49.1 Å². The van der Waals surface area contributed by atoms with Crippen LogP contribution in [0.3, 0.4) is 0 Å². The van der Waals surface area contributed by atoms with Gasteiger partial charge < -0.3 is 5.11 Å². The van der Waals surface area contributed by atoms with Crippen molar-refractivity contribution in [2.24, 2.45) is 11.8 Å². The molecular formula is C23H30O4. The standard InChI is InChI=1S/C23H30O4/c1-16-9-12-19(17(2)15-16)21(24)13-10-18-11-14-22(25)20(18)7-5-3-4-6-8-23(26)27/h9-10,12-13,15,18,20H,3-8,11,14H2,1-2H3,(H,26,27)/t18-,20+/m1/s1. The van der Waals surface area contributed by atoms with Crippen LogP contribution in [0, 0.1) is 25.7 Å². The van der Waals surface area contributed by atoms with Crippen molar-refractivity contribution in [2.45, 2.75) is 65.2 Å². The molecule has 1 aliphatic carbocycles. The van der Waals surface area contributed by atoms with Gasteiger partial charge in [-0.15, -0.1) is 0 Å². The maximum atomic E-state index is 12.5. The second-order valence-corrected chi connectivity index (χ2v) is 7.66. The van der Waals surface area contributed by atoms with Gasteiger partial charge in [-0.05, 0) is 50.7 Å². The van der Waals surface area contributed by atoms with Crippen LogP contribution in [-0.2, 0) is 9.59 Å². The third kappa shape index (κ3) is 6.46. The van der Waals surface area contributed by atoms with Crippen molar-refractivity contribution < 1.29 is 19.5 Å². The number of unbranched alkanes of at least 4 members (excludes halogenated alkanes) is 3. The number of rotatable bonds is 10. The van der Waals surface area contributed by atoms with Crippen molar-refractivity contribution in [1.29, 1.82) is 0 Å². The predicted molar refractivity (Wildman–Crippen MR) is 106 cm³/mol. The van der Waals surface area contributed by atoms with Gasteiger partial charge in [-0.25, -0.2) is 0 Å². The van der Waals surface area contributed by atoms with Gasteiger partial charge in [0.1, 0.15) is 5.78 Å². The Morgan fingerprint density at radius 1 is 1.15 bits per heavy atom. The minimum absolute atomic E-state index is 0.000676. The average molecular weight is 370 g/mol. The molecule has 0 radical (unpaired) electrons. The van der Waals surface area contributed by atoms with Crippen molar-refractivity contribution in [3.63, 3.8) is 0 Å². The number of carboxylic acid groups (broad SMARTS) is 1. The monoisotopic (exact) mass is 370 g/mol. The van der Waals surface area contributed by atoms with E-state index in [1.54, 1.807) is 6.08 Å². The van der Waals surface area contributed by atoms with Gasteiger partial charge in [0, 0.05) is 24.3 Å². The first-order valence-corrected chi connectivity index (χ1v) is 9.92. The summed E-state index contributed by atoms with van der Waals surface area (Å²) in [7, 11) is 0. The van der Waals surface area contributed by atoms with E-state index in [1.807, 2.05) is 38.1 Å². The summed E-state index contributed by atoms with van der Waals surface area (Å²) < 4.78 is 0. The highest BCUT2D eigenvalue weighted by molar-refractivity contribution is 6.05. The van der Waals surface area contributed by atoms with Crippen LogP contribution >= 0.6 is 0 Å². The molecule has 1 aromatic rings. The van der Waals surface area contributed by atoms with Crippen molar-refractivity contribution in [1.82, 2.24) is 0 Å². The Bertz CT molecular complexity index is 717. The number of aliphatic carboxylic acids is 1. The van der Waals surface area contributed by atoms with E-state index in [2.05, 4.69) is 0 Å². The predicted octanol–water partition coefficient (Wildman–Crippen LogP) is 5.06. The van der Waals surface area contributed by atoms with E-state index in [0.29, 0.717) is 18.6 Å². The fourth-order valence-electron chi connectivity index (χ4n) is 3.92. The molecular weight excluding hydrogens is 340 g/mol. The average Bonchev–Trinajstić information content (AvgIpc) is 2.95. The van der Waals surface area contributed by atoms with Crippen LogP contribution < -0.4 is 0 Å². The van der Waals surface area contributed by atoms with Gasteiger partial charge in [0.15, 0.2) is 5.78 Å². The van der Waals surface area contributed by atoms with Gasteiger partial charge in [0.05, 0.1) is 0 Å². The normalized spacial score (nSPS) is 19.7. The molecule has 27 heavy (non-hydrogen) atoms. The first-order valence-electron chi connectivity index (χ1n) is 9.92. The zero-order valence-electron chi connectivity index (χ0n) is 16.4. The van der Waals surface area contributed by atoms with E-state index in [4.69, 9.17) is 5.11 Å². The van der Waals surface area contributed by atoms with Crippen LogP contribution in [0.25, 0.3) is 0 Å². The third-order valence-corrected chi connectivity index (χ3v) is 5.45. The number of carbonyl (C=O) groups is 3. The molecule has 0 aromatic heterocycles. The fraction of sp³-hybridized carbons (Fsp3) is 0.522. The van der Waals surface area contributed by atoms with Crippen LogP contribution in [0.5, 0.6) is 0 Å². The van der Waals surface area contributed by atoms with E-state index >= 15 is 0 Å². The quantitative estimate of drug-likeness (QED) is 0.355. The van der Waals surface area contributed by atoms with E-state index in [0.717, 1.165) is 48.8 Å². The summed E-state index contributed by atoms with van der Waals surface area (Å²) in [5, 5.41) is 8.65. The Morgan fingerprint density at radius 2 is 1.89 bits per heavy atom. The largest absolute Gasteiger partial charge is 0.481 e. The maximum Gasteiger partial charge on any atom is 0.303 e. The van der Waals surface area contributed by atoms with E-state index in [1.165, 1.54) is 0 Å². The van der Waals surface area contributed by atoms with Gasteiger partial charge in [-0.2, -0.15) is 0 Å². The summed E-state index contributed by atoms with van der Waals surface area (Å²) in [5.41, 5.74) is 2.83. The molecule has 146 valence electrons. The number of carbonyl (C=O) groups excluding carboxylic acids is 2. The second kappa shape index (κ2) is 10.2. The fourth-order valence-corrected chi connectivity index (χ4v) is 3.92. The first-order chi connectivity index (χ1) is 12.9. The zero-order valence-corrected chi connectivity index (χ0v) is 16.4. The minimum atomic E-state index is -0.750. The highest BCUT2D eigenvalue weighted by Gasteiger charge is 2.32. The molecule has 0 saturated heterocycles. The van der Waals surface area contributed by atoms with Gasteiger partial charge in [0.25, 0.3) is 0 Å². The lowest BCUT2D eigenvalue weighted by Gasteiger charge is -2.14. The molecule has 0 unspecified atom stereocenters. The molecule has 1 saturated carbocycles. The molecule has 1 aromatic carbocycles. The Morgan fingerprint density at radius 3 is 2.59 bits per heavy atom. The maximum absolute atomic E-state index is 12.5. The highest BCUT2D eigenvalue weighted by atomic mass is 16.4. The molecule has 0 bridgehead atoms. The molecule has 4 heteroatoms. The summed E-state index contributed by atoms with van der Waals surface area (Å²) in [6.45, 7) is 3.95. The lowest BCUT2D eigenvalue weighted by Crippen LogP contribution is -2.13.